The second-order valence-electron chi connectivity index (χ2n) is 8.51. The van der Waals surface area contributed by atoms with Crippen LogP contribution in [0.15, 0.2) is 24.3 Å². The quantitative estimate of drug-likeness (QED) is 0.173. The minimum absolute atomic E-state index is 0.0832. The molecule has 0 radical (unpaired) electrons. The molecule has 0 aromatic carbocycles. The first-order valence-electron chi connectivity index (χ1n) is 13.9. The van der Waals surface area contributed by atoms with Crippen molar-refractivity contribution in [2.24, 2.45) is 0 Å². The molecule has 0 aliphatic carbocycles. The van der Waals surface area contributed by atoms with Gasteiger partial charge in [0.1, 0.15) is 47.5 Å². The summed E-state index contributed by atoms with van der Waals surface area (Å²) < 4.78 is 22.4. The van der Waals surface area contributed by atoms with Crippen molar-refractivity contribution < 1.29 is 38.1 Å². The van der Waals surface area contributed by atoms with E-state index in [2.05, 4.69) is 31.2 Å². The monoisotopic (exact) mass is 588 g/mol. The van der Waals surface area contributed by atoms with Crippen molar-refractivity contribution in [1.29, 1.82) is 0 Å². The molecular formula is C28H40N6O8. The Balaban J connectivity index is 1.75. The molecule has 0 saturated heterocycles. The average molecular weight is 589 g/mol. The van der Waals surface area contributed by atoms with Crippen LogP contribution in [0, 0.1) is 0 Å². The third-order valence-corrected chi connectivity index (χ3v) is 5.24. The van der Waals surface area contributed by atoms with Crippen LogP contribution in [0.3, 0.4) is 0 Å². The molecule has 2 heterocycles. The largest absolute Gasteiger partial charge is 0.491 e. The molecule has 14 heteroatoms. The van der Waals surface area contributed by atoms with Crippen LogP contribution in [0.2, 0.25) is 0 Å². The van der Waals surface area contributed by atoms with Crippen LogP contribution in [-0.2, 0) is 9.47 Å². The molecule has 0 bridgehead atoms. The summed E-state index contributed by atoms with van der Waals surface area (Å²) in [4.78, 5) is 57.1. The molecule has 42 heavy (non-hydrogen) atoms. The normalized spacial score (nSPS) is 10.5. The molecular weight excluding hydrogens is 548 g/mol. The van der Waals surface area contributed by atoms with Gasteiger partial charge in [0.25, 0.3) is 23.6 Å². The van der Waals surface area contributed by atoms with Gasteiger partial charge >= 0.3 is 0 Å². The van der Waals surface area contributed by atoms with Crippen molar-refractivity contribution in [1.82, 2.24) is 31.2 Å². The highest BCUT2D eigenvalue weighted by molar-refractivity contribution is 5.97. The number of hydrogen-bond donors (Lipinski definition) is 4. The third-order valence-electron chi connectivity index (χ3n) is 5.24. The van der Waals surface area contributed by atoms with E-state index in [1.54, 1.807) is 27.7 Å². The number of rotatable bonds is 19. The Morgan fingerprint density at radius 1 is 0.500 bits per heavy atom. The molecule has 0 spiro atoms. The van der Waals surface area contributed by atoms with E-state index in [1.807, 2.05) is 0 Å². The van der Waals surface area contributed by atoms with E-state index in [0.29, 0.717) is 50.9 Å². The van der Waals surface area contributed by atoms with Gasteiger partial charge in [-0.05, 0) is 27.7 Å². The summed E-state index contributed by atoms with van der Waals surface area (Å²) in [5.74, 6) is -0.962. The van der Waals surface area contributed by atoms with E-state index in [-0.39, 0.29) is 49.2 Å². The van der Waals surface area contributed by atoms with Crippen molar-refractivity contribution in [3.05, 3.63) is 47.0 Å². The van der Waals surface area contributed by atoms with Gasteiger partial charge in [-0.15, -0.1) is 0 Å². The minimum atomic E-state index is -0.403. The van der Waals surface area contributed by atoms with E-state index in [0.717, 1.165) is 0 Å². The average Bonchev–Trinajstić information content (AvgIpc) is 2.98. The Kier molecular flexibility index (Phi) is 15.3. The van der Waals surface area contributed by atoms with Crippen LogP contribution in [0.25, 0.3) is 0 Å². The molecule has 0 aliphatic heterocycles. The zero-order valence-corrected chi connectivity index (χ0v) is 24.5. The smallest absolute Gasteiger partial charge is 0.270 e. The van der Waals surface area contributed by atoms with Crippen molar-refractivity contribution in [2.45, 2.75) is 27.7 Å². The van der Waals surface area contributed by atoms with Crippen molar-refractivity contribution >= 4 is 23.6 Å². The van der Waals surface area contributed by atoms with Crippen LogP contribution < -0.4 is 30.7 Å². The highest BCUT2D eigenvalue weighted by atomic mass is 16.6. The second-order valence-corrected chi connectivity index (χ2v) is 8.51. The van der Waals surface area contributed by atoms with Crippen molar-refractivity contribution in [2.75, 3.05) is 65.8 Å². The molecule has 0 unspecified atom stereocenters. The number of amides is 4. The molecule has 2 aromatic rings. The van der Waals surface area contributed by atoms with Gasteiger partial charge in [-0.2, -0.15) is 0 Å². The summed E-state index contributed by atoms with van der Waals surface area (Å²) in [7, 11) is 0. The zero-order valence-electron chi connectivity index (χ0n) is 24.5. The van der Waals surface area contributed by atoms with E-state index < -0.39 is 23.6 Å². The van der Waals surface area contributed by atoms with Gasteiger partial charge in [0.2, 0.25) is 0 Å². The standard InChI is InChI=1S/C28H40N6O8/c1-5-29-25(35)21-15-19(16-22(33-21)26(36)30-6-2)41-13-11-39-9-10-40-12-14-42-20-17-23(27(37)31-7-3)34-24(18-20)28(38)32-8-4/h15-18H,5-14H2,1-4H3,(H,29,35)(H,30,36)(H,31,37)(H,32,38). The maximum absolute atomic E-state index is 12.2. The minimum Gasteiger partial charge on any atom is -0.491 e. The molecule has 230 valence electrons. The Hall–Kier alpha value is -4.30. The number of aromatic nitrogens is 2. The third kappa shape index (κ3) is 11.7. The summed E-state index contributed by atoms with van der Waals surface area (Å²) in [6.45, 7) is 10.3. The Morgan fingerprint density at radius 2 is 0.762 bits per heavy atom. The maximum atomic E-state index is 12.2. The lowest BCUT2D eigenvalue weighted by molar-refractivity contribution is 0.0273. The molecule has 2 rings (SSSR count). The SMILES string of the molecule is CCNC(=O)c1cc(OCCOCCOCCOc2cc(C(=O)NCC)nc(C(=O)NCC)c2)cc(C(=O)NCC)n1. The van der Waals surface area contributed by atoms with Gasteiger partial charge in [-0.1, -0.05) is 0 Å². The summed E-state index contributed by atoms with van der Waals surface area (Å²) in [5, 5.41) is 10.6. The Morgan fingerprint density at radius 3 is 1.02 bits per heavy atom. The van der Waals surface area contributed by atoms with Crippen LogP contribution in [0.4, 0.5) is 0 Å². The van der Waals surface area contributed by atoms with Gasteiger partial charge in [0.15, 0.2) is 0 Å². The maximum Gasteiger partial charge on any atom is 0.270 e. The summed E-state index contributed by atoms with van der Waals surface area (Å²) in [6, 6.07) is 5.88. The fourth-order valence-electron chi connectivity index (χ4n) is 3.41. The van der Waals surface area contributed by atoms with Crippen LogP contribution >= 0.6 is 0 Å². The fourth-order valence-corrected chi connectivity index (χ4v) is 3.41. The lowest BCUT2D eigenvalue weighted by atomic mass is 10.2. The number of pyridine rings is 2. The van der Waals surface area contributed by atoms with Crippen LogP contribution in [0.1, 0.15) is 69.6 Å². The summed E-state index contributed by atoms with van der Waals surface area (Å²) in [6.07, 6.45) is 0. The number of nitrogens with one attached hydrogen (secondary N) is 4. The van der Waals surface area contributed by atoms with E-state index in [9.17, 15) is 19.2 Å². The fraction of sp³-hybridized carbons (Fsp3) is 0.500. The van der Waals surface area contributed by atoms with Crippen molar-refractivity contribution in [3.8, 4) is 11.5 Å². The summed E-state index contributed by atoms with van der Waals surface area (Å²) >= 11 is 0. The first-order chi connectivity index (χ1) is 20.3. The van der Waals surface area contributed by atoms with E-state index in [1.165, 1.54) is 24.3 Å². The molecule has 14 nitrogen and oxygen atoms in total. The molecule has 0 aliphatic rings. The summed E-state index contributed by atoms with van der Waals surface area (Å²) in [5.41, 5.74) is 0.333. The molecule has 0 atom stereocenters. The molecule has 2 aromatic heterocycles. The number of carbonyl (C=O) groups excluding carboxylic acids is 4. The van der Waals surface area contributed by atoms with Gasteiger partial charge in [-0.25, -0.2) is 9.97 Å². The number of nitrogens with zero attached hydrogens (tertiary/aromatic N) is 2. The van der Waals surface area contributed by atoms with Gasteiger partial charge in [0.05, 0.1) is 26.4 Å². The second kappa shape index (κ2) is 18.9. The number of carbonyl (C=O) groups is 4. The lowest BCUT2D eigenvalue weighted by Gasteiger charge is -2.12. The molecule has 0 fully saturated rings. The van der Waals surface area contributed by atoms with Gasteiger partial charge in [0, 0.05) is 50.4 Å². The van der Waals surface area contributed by atoms with E-state index in [4.69, 9.17) is 18.9 Å². The molecule has 4 N–H and O–H groups in total. The van der Waals surface area contributed by atoms with E-state index >= 15 is 0 Å². The predicted molar refractivity (Wildman–Crippen MR) is 153 cm³/mol. The van der Waals surface area contributed by atoms with Crippen LogP contribution in [-0.4, -0.2) is 99.4 Å². The molecule has 4 amide bonds. The van der Waals surface area contributed by atoms with Crippen molar-refractivity contribution in [3.63, 3.8) is 0 Å². The zero-order chi connectivity index (χ0) is 30.7. The first-order valence-corrected chi connectivity index (χ1v) is 13.9. The Labute approximate surface area is 245 Å². The topological polar surface area (TPSA) is 179 Å². The van der Waals surface area contributed by atoms with Gasteiger partial charge < -0.3 is 40.2 Å². The van der Waals surface area contributed by atoms with Gasteiger partial charge in [-0.3, -0.25) is 19.2 Å². The lowest BCUT2D eigenvalue weighted by Crippen LogP contribution is -2.27. The predicted octanol–water partition coefficient (Wildman–Crippen LogP) is 0.966. The highest BCUT2D eigenvalue weighted by Crippen LogP contribution is 2.16. The number of hydrogen-bond acceptors (Lipinski definition) is 10. The highest BCUT2D eigenvalue weighted by Gasteiger charge is 2.16. The number of ether oxygens (including phenoxy) is 4. The molecule has 0 saturated carbocycles. The first kappa shape index (κ1) is 33.9. The van der Waals surface area contributed by atoms with Crippen LogP contribution in [0.5, 0.6) is 11.5 Å². The Bertz CT molecular complexity index is 1030.